The van der Waals surface area contributed by atoms with Crippen LogP contribution in [-0.4, -0.2) is 27.4 Å². The molecule has 0 radical (unpaired) electrons. The number of amides is 1. The van der Waals surface area contributed by atoms with Gasteiger partial charge in [0.2, 0.25) is 5.91 Å². The number of rotatable bonds is 2. The summed E-state index contributed by atoms with van der Waals surface area (Å²) < 4.78 is 1.39. The van der Waals surface area contributed by atoms with Gasteiger partial charge >= 0.3 is 0 Å². The van der Waals surface area contributed by atoms with Crippen molar-refractivity contribution < 1.29 is 4.79 Å². The number of benzene rings is 1. The molecule has 0 unspecified atom stereocenters. The molecule has 7 heteroatoms. The topological polar surface area (TPSA) is 76.9 Å². The Labute approximate surface area is 126 Å². The second-order valence-corrected chi connectivity index (χ2v) is 5.72. The first-order valence-electron chi connectivity index (χ1n) is 6.93. The van der Waals surface area contributed by atoms with Crippen LogP contribution in [0.3, 0.4) is 0 Å². The van der Waals surface area contributed by atoms with Crippen molar-refractivity contribution in [1.82, 2.24) is 20.3 Å². The second-order valence-electron chi connectivity index (χ2n) is 5.28. The highest BCUT2D eigenvalue weighted by molar-refractivity contribution is 6.31. The zero-order chi connectivity index (χ0) is 14.8. The van der Waals surface area contributed by atoms with Crippen LogP contribution in [0.15, 0.2) is 23.0 Å². The second kappa shape index (κ2) is 5.81. The quantitative estimate of drug-likeness (QED) is 0.909. The monoisotopic (exact) mass is 306 g/mol. The molecule has 3 rings (SSSR count). The van der Waals surface area contributed by atoms with Gasteiger partial charge < -0.3 is 5.32 Å². The predicted molar refractivity (Wildman–Crippen MR) is 79.2 cm³/mol. The molecular formula is C14H15ClN4O2. The Hall–Kier alpha value is -1.95. The first-order valence-corrected chi connectivity index (χ1v) is 7.31. The van der Waals surface area contributed by atoms with Crippen molar-refractivity contribution in [1.29, 1.82) is 0 Å². The largest absolute Gasteiger partial charge is 0.356 e. The lowest BCUT2D eigenvalue weighted by molar-refractivity contribution is -0.120. The Morgan fingerprint density at radius 1 is 1.33 bits per heavy atom. The van der Waals surface area contributed by atoms with Crippen LogP contribution in [0.25, 0.3) is 10.9 Å². The summed E-state index contributed by atoms with van der Waals surface area (Å²) >= 11 is 5.88. The van der Waals surface area contributed by atoms with E-state index in [1.165, 1.54) is 4.68 Å². The number of hydrogen-bond donors (Lipinski definition) is 1. The van der Waals surface area contributed by atoms with Gasteiger partial charge in [-0.05, 0) is 37.0 Å². The number of hydrogen-bond acceptors (Lipinski definition) is 4. The Balaban J connectivity index is 1.87. The molecule has 1 aliphatic rings. The van der Waals surface area contributed by atoms with Crippen LogP contribution in [0.1, 0.15) is 19.3 Å². The van der Waals surface area contributed by atoms with Crippen molar-refractivity contribution in [2.24, 2.45) is 5.92 Å². The van der Waals surface area contributed by atoms with E-state index in [2.05, 4.69) is 15.6 Å². The molecule has 0 bridgehead atoms. The number of carbonyl (C=O) groups is 1. The zero-order valence-electron chi connectivity index (χ0n) is 11.4. The summed E-state index contributed by atoms with van der Waals surface area (Å²) in [6.45, 7) is 1.13. The maximum atomic E-state index is 12.4. The molecule has 1 atom stereocenters. The van der Waals surface area contributed by atoms with Crippen LogP contribution in [-0.2, 0) is 11.3 Å². The van der Waals surface area contributed by atoms with Gasteiger partial charge in [0.05, 0.1) is 5.39 Å². The summed E-state index contributed by atoms with van der Waals surface area (Å²) in [5, 5.41) is 11.9. The predicted octanol–water partition coefficient (Wildman–Crippen LogP) is 1.36. The fourth-order valence-electron chi connectivity index (χ4n) is 2.58. The lowest BCUT2D eigenvalue weighted by Crippen LogP contribution is -2.28. The number of halogens is 1. The highest BCUT2D eigenvalue weighted by Gasteiger charge is 2.18. The maximum Gasteiger partial charge on any atom is 0.277 e. The molecule has 0 saturated carbocycles. The van der Waals surface area contributed by atoms with E-state index in [9.17, 15) is 9.59 Å². The van der Waals surface area contributed by atoms with Gasteiger partial charge in [-0.3, -0.25) is 9.59 Å². The Morgan fingerprint density at radius 3 is 3.05 bits per heavy atom. The van der Waals surface area contributed by atoms with Gasteiger partial charge in [0.1, 0.15) is 5.52 Å². The Bertz CT molecular complexity index is 743. The summed E-state index contributed by atoms with van der Waals surface area (Å²) in [6.07, 6.45) is 2.10. The third kappa shape index (κ3) is 3.05. The van der Waals surface area contributed by atoms with E-state index in [4.69, 9.17) is 11.6 Å². The number of nitrogens with one attached hydrogen (secondary N) is 1. The highest BCUT2D eigenvalue weighted by atomic mass is 35.5. The summed E-state index contributed by atoms with van der Waals surface area (Å²) in [4.78, 5) is 23.7. The molecule has 1 aliphatic heterocycles. The molecule has 1 saturated heterocycles. The van der Waals surface area contributed by atoms with Gasteiger partial charge in [-0.2, -0.15) is 0 Å². The summed E-state index contributed by atoms with van der Waals surface area (Å²) in [5.74, 6) is 0.324. The summed E-state index contributed by atoms with van der Waals surface area (Å²) in [5.41, 5.74) is 0.335. The summed E-state index contributed by atoms with van der Waals surface area (Å²) in [6, 6.07) is 4.97. The van der Waals surface area contributed by atoms with Gasteiger partial charge in [-0.15, -0.1) is 5.10 Å². The molecule has 1 amide bonds. The van der Waals surface area contributed by atoms with Crippen molar-refractivity contribution in [3.8, 4) is 0 Å². The van der Waals surface area contributed by atoms with E-state index in [0.29, 0.717) is 35.4 Å². The normalized spacial score (nSPS) is 19.3. The smallest absolute Gasteiger partial charge is 0.277 e. The molecule has 1 N–H and O–H groups in total. The highest BCUT2D eigenvalue weighted by Crippen LogP contribution is 2.17. The SMILES string of the molecule is O=C1CC[C@@H](Cn2nnc3cc(Cl)ccc3c2=O)CCN1. The zero-order valence-corrected chi connectivity index (χ0v) is 12.1. The summed E-state index contributed by atoms with van der Waals surface area (Å²) in [7, 11) is 0. The first kappa shape index (κ1) is 14.0. The Morgan fingerprint density at radius 2 is 2.19 bits per heavy atom. The van der Waals surface area contributed by atoms with Gasteiger partial charge in [-0.1, -0.05) is 16.8 Å². The number of carbonyl (C=O) groups excluding carboxylic acids is 1. The number of aromatic nitrogens is 3. The van der Waals surface area contributed by atoms with Crippen molar-refractivity contribution in [3.63, 3.8) is 0 Å². The van der Waals surface area contributed by atoms with E-state index in [0.717, 1.165) is 12.8 Å². The molecule has 110 valence electrons. The van der Waals surface area contributed by atoms with Crippen molar-refractivity contribution in [3.05, 3.63) is 33.6 Å². The number of fused-ring (bicyclic) bond motifs is 1. The van der Waals surface area contributed by atoms with Crippen molar-refractivity contribution in [2.75, 3.05) is 6.54 Å². The average Bonchev–Trinajstić information content (AvgIpc) is 2.67. The fraction of sp³-hybridized carbons (Fsp3) is 0.429. The van der Waals surface area contributed by atoms with Crippen LogP contribution in [0.2, 0.25) is 5.02 Å². The van der Waals surface area contributed by atoms with Crippen LogP contribution < -0.4 is 10.9 Å². The van der Waals surface area contributed by atoms with Crippen LogP contribution in [0.4, 0.5) is 0 Å². The minimum atomic E-state index is -0.166. The molecule has 1 fully saturated rings. The molecule has 2 heterocycles. The van der Waals surface area contributed by atoms with E-state index in [-0.39, 0.29) is 17.4 Å². The molecule has 21 heavy (non-hydrogen) atoms. The van der Waals surface area contributed by atoms with Crippen molar-refractivity contribution in [2.45, 2.75) is 25.8 Å². The molecule has 0 aliphatic carbocycles. The van der Waals surface area contributed by atoms with Crippen molar-refractivity contribution >= 4 is 28.4 Å². The fourth-order valence-corrected chi connectivity index (χ4v) is 2.75. The Kier molecular flexibility index (Phi) is 3.88. The van der Waals surface area contributed by atoms with Crippen LogP contribution in [0, 0.1) is 5.92 Å². The number of nitrogens with zero attached hydrogens (tertiary/aromatic N) is 3. The molecule has 1 aromatic carbocycles. The van der Waals surface area contributed by atoms with Gasteiger partial charge in [0.15, 0.2) is 0 Å². The average molecular weight is 307 g/mol. The molecule has 6 nitrogen and oxygen atoms in total. The van der Waals surface area contributed by atoms with E-state index < -0.39 is 0 Å². The molecule has 0 spiro atoms. The lowest BCUT2D eigenvalue weighted by Gasteiger charge is -2.13. The minimum absolute atomic E-state index is 0.0732. The molecular weight excluding hydrogens is 292 g/mol. The van der Waals surface area contributed by atoms with E-state index >= 15 is 0 Å². The third-order valence-electron chi connectivity index (χ3n) is 3.77. The van der Waals surface area contributed by atoms with Crippen LogP contribution in [0.5, 0.6) is 0 Å². The minimum Gasteiger partial charge on any atom is -0.356 e. The first-order chi connectivity index (χ1) is 10.1. The van der Waals surface area contributed by atoms with Crippen LogP contribution >= 0.6 is 11.6 Å². The van der Waals surface area contributed by atoms with Gasteiger partial charge in [0.25, 0.3) is 5.56 Å². The third-order valence-corrected chi connectivity index (χ3v) is 4.01. The molecule has 2 aromatic rings. The van der Waals surface area contributed by atoms with E-state index in [1.807, 2.05) is 0 Å². The van der Waals surface area contributed by atoms with Gasteiger partial charge in [-0.25, -0.2) is 4.68 Å². The lowest BCUT2D eigenvalue weighted by atomic mass is 10.0. The molecule has 1 aromatic heterocycles. The maximum absolute atomic E-state index is 12.4. The van der Waals surface area contributed by atoms with Gasteiger partial charge in [0, 0.05) is 24.5 Å². The van der Waals surface area contributed by atoms with E-state index in [1.54, 1.807) is 18.2 Å². The standard InChI is InChI=1S/C14H15ClN4O2/c15-10-2-3-11-12(7-10)17-18-19(14(11)21)8-9-1-4-13(20)16-6-5-9/h2-3,7,9H,1,4-6,8H2,(H,16,20)/t9-/m1/s1.